The lowest BCUT2D eigenvalue weighted by Gasteiger charge is -2.29. The van der Waals surface area contributed by atoms with Gasteiger partial charge in [0.25, 0.3) is 11.8 Å². The molecule has 0 unspecified atom stereocenters. The molecular formula is C23H24N2O2S. The number of thioether (sulfide) groups is 1. The molecule has 5 heteroatoms. The number of benzene rings is 2. The van der Waals surface area contributed by atoms with Crippen LogP contribution in [0.2, 0.25) is 0 Å². The zero-order valence-electron chi connectivity index (χ0n) is 15.9. The van der Waals surface area contributed by atoms with E-state index in [0.29, 0.717) is 16.4 Å². The summed E-state index contributed by atoms with van der Waals surface area (Å²) in [5, 5.41) is 6.10. The van der Waals surface area contributed by atoms with Crippen LogP contribution in [0.15, 0.2) is 58.3 Å². The van der Waals surface area contributed by atoms with Crippen LogP contribution in [-0.4, -0.2) is 17.9 Å². The fourth-order valence-corrected chi connectivity index (χ4v) is 4.72. The van der Waals surface area contributed by atoms with Crippen molar-refractivity contribution in [2.24, 2.45) is 5.92 Å². The van der Waals surface area contributed by atoms with Crippen LogP contribution in [0.25, 0.3) is 6.08 Å². The highest BCUT2D eigenvalue weighted by atomic mass is 32.2. The zero-order chi connectivity index (χ0) is 19.5. The second kappa shape index (κ2) is 8.23. The molecule has 0 spiro atoms. The van der Waals surface area contributed by atoms with Crippen molar-refractivity contribution >= 4 is 35.3 Å². The quantitative estimate of drug-likeness (QED) is 0.716. The molecule has 1 saturated carbocycles. The van der Waals surface area contributed by atoms with Gasteiger partial charge >= 0.3 is 0 Å². The van der Waals surface area contributed by atoms with Gasteiger partial charge in [0, 0.05) is 16.5 Å². The van der Waals surface area contributed by atoms with Crippen LogP contribution in [0.4, 0.5) is 5.69 Å². The first-order valence-corrected chi connectivity index (χ1v) is 10.6. The Morgan fingerprint density at radius 1 is 1.11 bits per heavy atom. The third-order valence-corrected chi connectivity index (χ3v) is 6.58. The van der Waals surface area contributed by atoms with Crippen LogP contribution in [0.1, 0.15) is 48.5 Å². The van der Waals surface area contributed by atoms with Crippen molar-refractivity contribution in [1.29, 1.82) is 0 Å². The van der Waals surface area contributed by atoms with E-state index in [2.05, 4.69) is 17.6 Å². The zero-order valence-corrected chi connectivity index (χ0v) is 16.7. The van der Waals surface area contributed by atoms with Gasteiger partial charge in [0.2, 0.25) is 0 Å². The second-order valence-corrected chi connectivity index (χ2v) is 8.61. The maximum Gasteiger partial charge on any atom is 0.262 e. The Hall–Kier alpha value is -2.53. The first-order chi connectivity index (χ1) is 13.6. The number of rotatable bonds is 3. The van der Waals surface area contributed by atoms with Crippen LogP contribution in [-0.2, 0) is 4.79 Å². The number of amides is 2. The molecule has 2 amide bonds. The third kappa shape index (κ3) is 4.14. The average Bonchev–Trinajstić information content (AvgIpc) is 2.71. The van der Waals surface area contributed by atoms with Gasteiger partial charge in [-0.2, -0.15) is 0 Å². The number of para-hydroxylation sites is 1. The minimum atomic E-state index is -0.100. The van der Waals surface area contributed by atoms with Crippen LogP contribution < -0.4 is 10.6 Å². The molecule has 1 aliphatic heterocycles. The maximum absolute atomic E-state index is 12.6. The summed E-state index contributed by atoms with van der Waals surface area (Å²) < 4.78 is 0. The van der Waals surface area contributed by atoms with Crippen molar-refractivity contribution in [2.45, 2.75) is 43.5 Å². The van der Waals surface area contributed by atoms with Crippen molar-refractivity contribution < 1.29 is 9.59 Å². The number of hydrogen-bond acceptors (Lipinski definition) is 3. The van der Waals surface area contributed by atoms with Gasteiger partial charge in [-0.25, -0.2) is 0 Å². The molecule has 4 nitrogen and oxygen atoms in total. The lowest BCUT2D eigenvalue weighted by Crippen LogP contribution is -2.41. The van der Waals surface area contributed by atoms with E-state index in [1.54, 1.807) is 0 Å². The van der Waals surface area contributed by atoms with Crippen LogP contribution in [0, 0.1) is 5.92 Å². The van der Waals surface area contributed by atoms with Gasteiger partial charge in [-0.3, -0.25) is 9.59 Å². The highest BCUT2D eigenvalue weighted by Gasteiger charge is 2.23. The molecule has 2 N–H and O–H groups in total. The predicted molar refractivity (Wildman–Crippen MR) is 114 cm³/mol. The summed E-state index contributed by atoms with van der Waals surface area (Å²) in [6.07, 6.45) is 6.55. The molecule has 2 aromatic rings. The van der Waals surface area contributed by atoms with Crippen LogP contribution >= 0.6 is 11.8 Å². The molecule has 4 rings (SSSR count). The van der Waals surface area contributed by atoms with E-state index in [-0.39, 0.29) is 17.9 Å². The Kier molecular flexibility index (Phi) is 5.53. The smallest absolute Gasteiger partial charge is 0.262 e. The molecule has 28 heavy (non-hydrogen) atoms. The van der Waals surface area contributed by atoms with E-state index in [0.717, 1.165) is 22.6 Å². The molecule has 0 aromatic heterocycles. The number of hydrogen-bond donors (Lipinski definition) is 2. The molecule has 1 aliphatic carbocycles. The lowest BCUT2D eigenvalue weighted by atomic mass is 9.86. The van der Waals surface area contributed by atoms with E-state index < -0.39 is 0 Å². The van der Waals surface area contributed by atoms with E-state index in [1.807, 2.05) is 54.6 Å². The number of nitrogens with one attached hydrogen (secondary N) is 2. The SMILES string of the molecule is C[C@@H]1CCCC[C@H]1NC(=O)c1ccc(/C=C2/Sc3ccccc3NC2=O)cc1. The summed E-state index contributed by atoms with van der Waals surface area (Å²) in [4.78, 5) is 26.6. The van der Waals surface area contributed by atoms with E-state index in [1.165, 1.54) is 31.0 Å². The van der Waals surface area contributed by atoms with Crippen LogP contribution in [0.3, 0.4) is 0 Å². The molecule has 2 atom stereocenters. The van der Waals surface area contributed by atoms with E-state index in [4.69, 9.17) is 0 Å². The number of anilines is 1. The van der Waals surface area contributed by atoms with Gasteiger partial charge in [0.05, 0.1) is 10.6 Å². The molecule has 0 radical (unpaired) electrons. The highest BCUT2D eigenvalue weighted by molar-refractivity contribution is 8.04. The Morgan fingerprint density at radius 2 is 1.86 bits per heavy atom. The average molecular weight is 393 g/mol. The Labute approximate surface area is 169 Å². The van der Waals surface area contributed by atoms with E-state index in [9.17, 15) is 9.59 Å². The summed E-state index contributed by atoms with van der Waals surface area (Å²) in [6.45, 7) is 2.21. The molecule has 0 saturated heterocycles. The minimum absolute atomic E-state index is 0.0170. The molecule has 1 heterocycles. The molecular weight excluding hydrogens is 368 g/mol. The van der Waals surface area contributed by atoms with Gasteiger partial charge in [0.1, 0.15) is 0 Å². The third-order valence-electron chi connectivity index (χ3n) is 5.48. The number of carbonyl (C=O) groups is 2. The number of carbonyl (C=O) groups excluding carboxylic acids is 2. The van der Waals surface area contributed by atoms with Gasteiger partial charge in [-0.15, -0.1) is 0 Å². The fourth-order valence-electron chi connectivity index (χ4n) is 3.77. The normalized spacial score (nSPS) is 23.0. The van der Waals surface area contributed by atoms with Crippen molar-refractivity contribution in [3.05, 3.63) is 64.6 Å². The van der Waals surface area contributed by atoms with Gasteiger partial charge in [0.15, 0.2) is 0 Å². The van der Waals surface area contributed by atoms with Crippen molar-refractivity contribution in [1.82, 2.24) is 5.32 Å². The highest BCUT2D eigenvalue weighted by Crippen LogP contribution is 2.38. The molecule has 0 bridgehead atoms. The summed E-state index contributed by atoms with van der Waals surface area (Å²) in [6, 6.07) is 15.5. The Balaban J connectivity index is 1.45. The summed E-state index contributed by atoms with van der Waals surface area (Å²) >= 11 is 1.46. The molecule has 144 valence electrons. The summed E-state index contributed by atoms with van der Waals surface area (Å²) in [5.74, 6) is 0.417. The standard InChI is InChI=1S/C23H24N2O2S/c1-15-6-2-3-7-18(15)24-22(26)17-12-10-16(11-13-17)14-21-23(27)25-19-8-4-5-9-20(19)28-21/h4-5,8-15,18H,2-3,6-7H2,1H3,(H,24,26)(H,25,27)/b21-14+/t15-,18-/m1/s1. The topological polar surface area (TPSA) is 58.2 Å². The van der Waals surface area contributed by atoms with Gasteiger partial charge < -0.3 is 10.6 Å². The van der Waals surface area contributed by atoms with Crippen molar-refractivity contribution in [2.75, 3.05) is 5.32 Å². The predicted octanol–water partition coefficient (Wildman–Crippen LogP) is 5.08. The van der Waals surface area contributed by atoms with Crippen molar-refractivity contribution in [3.8, 4) is 0 Å². The van der Waals surface area contributed by atoms with E-state index >= 15 is 0 Å². The lowest BCUT2D eigenvalue weighted by molar-refractivity contribution is -0.112. The fraction of sp³-hybridized carbons (Fsp3) is 0.304. The van der Waals surface area contributed by atoms with Crippen molar-refractivity contribution in [3.63, 3.8) is 0 Å². The minimum Gasteiger partial charge on any atom is -0.349 e. The maximum atomic E-state index is 12.6. The second-order valence-electron chi connectivity index (χ2n) is 7.52. The largest absolute Gasteiger partial charge is 0.349 e. The Bertz CT molecular complexity index is 920. The summed E-state index contributed by atoms with van der Waals surface area (Å²) in [5.41, 5.74) is 2.41. The Morgan fingerprint density at radius 3 is 2.64 bits per heavy atom. The summed E-state index contributed by atoms with van der Waals surface area (Å²) in [7, 11) is 0. The van der Waals surface area contributed by atoms with Gasteiger partial charge in [-0.05, 0) is 54.7 Å². The first-order valence-electron chi connectivity index (χ1n) is 9.81. The molecule has 2 aromatic carbocycles. The van der Waals surface area contributed by atoms with Gasteiger partial charge in [-0.1, -0.05) is 55.8 Å². The molecule has 2 aliphatic rings. The van der Waals surface area contributed by atoms with Crippen LogP contribution in [0.5, 0.6) is 0 Å². The monoisotopic (exact) mass is 392 g/mol. The number of fused-ring (bicyclic) bond motifs is 1. The first kappa shape index (κ1) is 18.8. The molecule has 1 fully saturated rings.